The molecule has 2 aromatic rings. The summed E-state index contributed by atoms with van der Waals surface area (Å²) in [6.45, 7) is 4.02. The van der Waals surface area contributed by atoms with Gasteiger partial charge in [-0.2, -0.15) is 0 Å². The quantitative estimate of drug-likeness (QED) is 0.878. The monoisotopic (exact) mass is 340 g/mol. The summed E-state index contributed by atoms with van der Waals surface area (Å²) in [6.07, 6.45) is 0. The Morgan fingerprint density at radius 3 is 2.64 bits per heavy atom. The highest BCUT2D eigenvalue weighted by Gasteiger charge is 2.20. The minimum absolute atomic E-state index is 0.0713. The number of amides is 1. The summed E-state index contributed by atoms with van der Waals surface area (Å²) >= 11 is 0. The average molecular weight is 340 g/mol. The molecule has 0 saturated carbocycles. The van der Waals surface area contributed by atoms with E-state index in [0.717, 1.165) is 38.4 Å². The van der Waals surface area contributed by atoms with Crippen LogP contribution in [0.4, 0.5) is 0 Å². The zero-order chi connectivity index (χ0) is 17.5. The summed E-state index contributed by atoms with van der Waals surface area (Å²) in [6, 6.07) is 17.2. The van der Waals surface area contributed by atoms with Crippen LogP contribution in [0.2, 0.25) is 0 Å². The van der Waals surface area contributed by atoms with Gasteiger partial charge in [-0.3, -0.25) is 9.69 Å². The van der Waals surface area contributed by atoms with Crippen molar-refractivity contribution in [2.24, 2.45) is 0 Å². The molecule has 132 valence electrons. The number of nitrogens with zero attached hydrogens (tertiary/aromatic N) is 1. The fraction of sp³-hybridized carbons (Fsp3) is 0.350. The molecule has 1 N–H and O–H groups in total. The molecule has 1 fully saturated rings. The van der Waals surface area contributed by atoms with Crippen molar-refractivity contribution in [2.75, 3.05) is 40.0 Å². The predicted octanol–water partition coefficient (Wildman–Crippen LogP) is 2.50. The summed E-state index contributed by atoms with van der Waals surface area (Å²) in [5.74, 6) is 0.582. The van der Waals surface area contributed by atoms with Gasteiger partial charge in [-0.05, 0) is 23.8 Å². The Kier molecular flexibility index (Phi) is 6.04. The van der Waals surface area contributed by atoms with E-state index in [-0.39, 0.29) is 11.9 Å². The summed E-state index contributed by atoms with van der Waals surface area (Å²) in [5.41, 5.74) is 1.70. The molecular formula is C20H24N2O3. The first kappa shape index (κ1) is 17.5. The summed E-state index contributed by atoms with van der Waals surface area (Å²) in [4.78, 5) is 15.1. The van der Waals surface area contributed by atoms with Crippen molar-refractivity contribution < 1.29 is 14.3 Å². The van der Waals surface area contributed by atoms with Gasteiger partial charge in [0.25, 0.3) is 5.91 Å². The van der Waals surface area contributed by atoms with E-state index in [1.54, 1.807) is 19.2 Å². The minimum Gasteiger partial charge on any atom is -0.497 e. The molecule has 25 heavy (non-hydrogen) atoms. The zero-order valence-corrected chi connectivity index (χ0v) is 14.5. The molecule has 0 spiro atoms. The lowest BCUT2D eigenvalue weighted by Gasteiger charge is -2.31. The van der Waals surface area contributed by atoms with Crippen molar-refractivity contribution in [3.05, 3.63) is 65.7 Å². The molecule has 1 saturated heterocycles. The molecule has 0 bridgehead atoms. The van der Waals surface area contributed by atoms with Crippen LogP contribution >= 0.6 is 0 Å². The lowest BCUT2D eigenvalue weighted by atomic mass is 10.1. The number of benzene rings is 2. The number of nitrogens with one attached hydrogen (secondary N) is 1. The van der Waals surface area contributed by atoms with E-state index in [9.17, 15) is 4.79 Å². The lowest BCUT2D eigenvalue weighted by molar-refractivity contribution is 0.0332. The molecule has 0 aliphatic carbocycles. The highest BCUT2D eigenvalue weighted by atomic mass is 16.5. The van der Waals surface area contributed by atoms with Crippen molar-refractivity contribution >= 4 is 5.91 Å². The van der Waals surface area contributed by atoms with E-state index in [0.29, 0.717) is 11.3 Å². The third-order valence-corrected chi connectivity index (χ3v) is 4.38. The number of ether oxygens (including phenoxy) is 2. The van der Waals surface area contributed by atoms with Crippen LogP contribution in [-0.2, 0) is 4.74 Å². The Balaban J connectivity index is 1.75. The van der Waals surface area contributed by atoms with Crippen molar-refractivity contribution in [2.45, 2.75) is 6.04 Å². The maximum atomic E-state index is 12.7. The average Bonchev–Trinajstić information content (AvgIpc) is 2.69. The Hall–Kier alpha value is -2.37. The van der Waals surface area contributed by atoms with Crippen LogP contribution in [0.5, 0.6) is 5.75 Å². The van der Waals surface area contributed by atoms with Gasteiger partial charge in [0.05, 0.1) is 26.4 Å². The van der Waals surface area contributed by atoms with Gasteiger partial charge in [0.1, 0.15) is 5.75 Å². The Morgan fingerprint density at radius 2 is 1.92 bits per heavy atom. The van der Waals surface area contributed by atoms with Crippen LogP contribution in [0.15, 0.2) is 54.6 Å². The second-order valence-corrected chi connectivity index (χ2v) is 6.08. The zero-order valence-electron chi connectivity index (χ0n) is 14.5. The van der Waals surface area contributed by atoms with Crippen molar-refractivity contribution in [1.82, 2.24) is 10.2 Å². The Bertz CT molecular complexity index is 684. The minimum atomic E-state index is -0.0963. The molecule has 1 aliphatic heterocycles. The van der Waals surface area contributed by atoms with Crippen LogP contribution in [0, 0.1) is 0 Å². The molecule has 5 heteroatoms. The Morgan fingerprint density at radius 1 is 1.16 bits per heavy atom. The number of hydrogen-bond donors (Lipinski definition) is 1. The Labute approximate surface area is 148 Å². The topological polar surface area (TPSA) is 50.8 Å². The van der Waals surface area contributed by atoms with Gasteiger partial charge < -0.3 is 14.8 Å². The van der Waals surface area contributed by atoms with E-state index in [4.69, 9.17) is 9.47 Å². The summed E-state index contributed by atoms with van der Waals surface area (Å²) in [7, 11) is 1.60. The third kappa shape index (κ3) is 4.81. The standard InChI is InChI=1S/C20H24N2O3/c1-24-18-9-5-8-17(14-18)20(23)21-19(16-6-3-2-4-7-16)15-22-10-12-25-13-11-22/h2-9,14,19H,10-13,15H2,1H3,(H,21,23)/t19-/m1/s1. The van der Waals surface area contributed by atoms with Gasteiger partial charge in [-0.15, -0.1) is 0 Å². The molecule has 2 aromatic carbocycles. The first-order valence-electron chi connectivity index (χ1n) is 8.56. The fourth-order valence-electron chi connectivity index (χ4n) is 2.97. The van der Waals surface area contributed by atoms with Crippen LogP contribution in [0.3, 0.4) is 0 Å². The third-order valence-electron chi connectivity index (χ3n) is 4.38. The van der Waals surface area contributed by atoms with Gasteiger partial charge in [-0.25, -0.2) is 0 Å². The molecule has 3 rings (SSSR count). The van der Waals surface area contributed by atoms with Crippen LogP contribution in [0.1, 0.15) is 22.0 Å². The molecule has 1 atom stereocenters. The van der Waals surface area contributed by atoms with Crippen LogP contribution in [0.25, 0.3) is 0 Å². The van der Waals surface area contributed by atoms with Crippen LogP contribution in [-0.4, -0.2) is 50.8 Å². The first-order chi connectivity index (χ1) is 12.3. The molecule has 1 heterocycles. The fourth-order valence-corrected chi connectivity index (χ4v) is 2.97. The van der Waals surface area contributed by atoms with E-state index >= 15 is 0 Å². The maximum absolute atomic E-state index is 12.7. The normalized spacial score (nSPS) is 16.2. The molecule has 1 amide bonds. The number of hydrogen-bond acceptors (Lipinski definition) is 4. The highest BCUT2D eigenvalue weighted by Crippen LogP contribution is 2.18. The van der Waals surface area contributed by atoms with Crippen molar-refractivity contribution in [1.29, 1.82) is 0 Å². The number of methoxy groups -OCH3 is 1. The van der Waals surface area contributed by atoms with E-state index < -0.39 is 0 Å². The molecular weight excluding hydrogens is 316 g/mol. The van der Waals surface area contributed by atoms with E-state index in [2.05, 4.69) is 22.3 Å². The number of rotatable bonds is 6. The molecule has 0 unspecified atom stereocenters. The van der Waals surface area contributed by atoms with Crippen molar-refractivity contribution in [3.63, 3.8) is 0 Å². The van der Waals surface area contributed by atoms with Crippen LogP contribution < -0.4 is 10.1 Å². The number of carbonyl (C=O) groups is 1. The predicted molar refractivity (Wildman–Crippen MR) is 96.9 cm³/mol. The molecule has 1 aliphatic rings. The summed E-state index contributed by atoms with van der Waals surface area (Å²) < 4.78 is 10.6. The van der Waals surface area contributed by atoms with E-state index in [1.807, 2.05) is 30.3 Å². The van der Waals surface area contributed by atoms with Gasteiger partial charge in [-0.1, -0.05) is 36.4 Å². The first-order valence-corrected chi connectivity index (χ1v) is 8.56. The smallest absolute Gasteiger partial charge is 0.251 e. The van der Waals surface area contributed by atoms with Gasteiger partial charge in [0.2, 0.25) is 0 Å². The summed E-state index contributed by atoms with van der Waals surface area (Å²) in [5, 5.41) is 3.17. The molecule has 5 nitrogen and oxygen atoms in total. The van der Waals surface area contributed by atoms with Gasteiger partial charge in [0.15, 0.2) is 0 Å². The maximum Gasteiger partial charge on any atom is 0.251 e. The number of morpholine rings is 1. The van der Waals surface area contributed by atoms with E-state index in [1.165, 1.54) is 0 Å². The second-order valence-electron chi connectivity index (χ2n) is 6.08. The lowest BCUT2D eigenvalue weighted by Crippen LogP contribution is -2.43. The highest BCUT2D eigenvalue weighted by molar-refractivity contribution is 5.94. The molecule has 0 radical (unpaired) electrons. The number of carbonyl (C=O) groups excluding carboxylic acids is 1. The second kappa shape index (κ2) is 8.65. The van der Waals surface area contributed by atoms with Crippen molar-refractivity contribution in [3.8, 4) is 5.75 Å². The SMILES string of the molecule is COc1cccc(C(=O)N[C@H](CN2CCOCC2)c2ccccc2)c1. The largest absolute Gasteiger partial charge is 0.497 e. The van der Waals surface area contributed by atoms with Gasteiger partial charge in [0, 0.05) is 25.2 Å². The van der Waals surface area contributed by atoms with Gasteiger partial charge >= 0.3 is 0 Å². The molecule has 0 aromatic heterocycles.